The number of sulfone groups is 1. The highest BCUT2D eigenvalue weighted by Gasteiger charge is 2.38. The quantitative estimate of drug-likeness (QED) is 0.301. The molecule has 0 unspecified atom stereocenters. The summed E-state index contributed by atoms with van der Waals surface area (Å²) in [4.78, 5) is 16.6. The molecule has 1 aromatic heterocycles. The summed E-state index contributed by atoms with van der Waals surface area (Å²) in [5.74, 6) is -0.168. The van der Waals surface area contributed by atoms with Gasteiger partial charge in [-0.15, -0.1) is 0 Å². The highest BCUT2D eigenvalue weighted by Crippen LogP contribution is 2.40. The van der Waals surface area contributed by atoms with Crippen LogP contribution in [0.1, 0.15) is 85.1 Å². The number of H-pyrrole nitrogens is 1. The second-order valence-electron chi connectivity index (χ2n) is 10.8. The van der Waals surface area contributed by atoms with Gasteiger partial charge in [0, 0.05) is 30.7 Å². The molecule has 1 amide bonds. The third kappa shape index (κ3) is 6.07. The number of hydrogen-bond donors (Lipinski definition) is 3. The minimum Gasteiger partial charge on any atom is -0.354 e. The minimum absolute atomic E-state index is 0.0648. The van der Waals surface area contributed by atoms with E-state index in [1.165, 1.54) is 80.5 Å². The lowest BCUT2D eigenvalue weighted by Crippen LogP contribution is -2.43. The number of amides is 1. The molecule has 2 aromatic carbocycles. The maximum absolute atomic E-state index is 13.1. The van der Waals surface area contributed by atoms with Gasteiger partial charge in [0.1, 0.15) is 10.6 Å². The molecule has 1 aliphatic heterocycles. The molecular weight excluding hydrogens is 553 g/mol. The van der Waals surface area contributed by atoms with Crippen molar-refractivity contribution >= 4 is 38.9 Å². The molecule has 3 N–H and O–H groups in total. The molecule has 0 atom stereocenters. The highest BCUT2D eigenvalue weighted by atomic mass is 35.5. The molecule has 1 spiro atoms. The number of nitrogens with one attached hydrogen (secondary N) is 3. The second-order valence-corrected chi connectivity index (χ2v) is 13.5. The zero-order valence-electron chi connectivity index (χ0n) is 22.0. The Morgan fingerprint density at radius 1 is 0.897 bits per heavy atom. The van der Waals surface area contributed by atoms with Crippen LogP contribution in [0.25, 0.3) is 0 Å². The number of hydrogen-bond acceptors (Lipinski definition) is 4. The van der Waals surface area contributed by atoms with Gasteiger partial charge in [0.25, 0.3) is 5.91 Å². The Kier molecular flexibility index (Phi) is 8.72. The molecule has 2 aliphatic rings. The monoisotopic (exact) mass is 587 g/mol. The van der Waals surface area contributed by atoms with Gasteiger partial charge in [-0.2, -0.15) is 0 Å². The van der Waals surface area contributed by atoms with Crippen molar-refractivity contribution in [1.82, 2.24) is 15.6 Å². The third-order valence-corrected chi connectivity index (χ3v) is 10.9. The summed E-state index contributed by atoms with van der Waals surface area (Å²) in [5, 5.41) is 6.75. The first-order valence-corrected chi connectivity index (χ1v) is 16.0. The first-order chi connectivity index (χ1) is 18.8. The smallest absolute Gasteiger partial charge is 0.267 e. The predicted octanol–water partition coefficient (Wildman–Crippen LogP) is 6.95. The number of aromatic amines is 1. The second kappa shape index (κ2) is 12.0. The first kappa shape index (κ1) is 28.2. The van der Waals surface area contributed by atoms with E-state index < -0.39 is 9.84 Å². The van der Waals surface area contributed by atoms with Crippen molar-refractivity contribution < 1.29 is 13.2 Å². The fraction of sp³-hybridized carbons (Fsp3) is 0.433. The number of benzene rings is 2. The van der Waals surface area contributed by atoms with Crippen molar-refractivity contribution in [3.05, 3.63) is 81.1 Å². The van der Waals surface area contributed by atoms with Crippen LogP contribution in [0.15, 0.2) is 58.3 Å². The molecule has 0 radical (unpaired) electrons. The van der Waals surface area contributed by atoms with E-state index in [0.717, 1.165) is 31.5 Å². The Morgan fingerprint density at radius 3 is 2.15 bits per heavy atom. The van der Waals surface area contributed by atoms with Gasteiger partial charge in [-0.05, 0) is 54.3 Å². The van der Waals surface area contributed by atoms with Crippen molar-refractivity contribution in [3.63, 3.8) is 0 Å². The normalized spacial score (nSPS) is 17.9. The van der Waals surface area contributed by atoms with Crippen LogP contribution in [0, 0.1) is 0 Å². The molecule has 1 aliphatic carbocycles. The summed E-state index contributed by atoms with van der Waals surface area (Å²) in [6.45, 7) is 2.00. The highest BCUT2D eigenvalue weighted by molar-refractivity contribution is 7.91. The topological polar surface area (TPSA) is 91.1 Å². The number of rotatable bonds is 5. The predicted molar refractivity (Wildman–Crippen MR) is 155 cm³/mol. The Labute approximate surface area is 240 Å². The molecule has 1 fully saturated rings. The van der Waals surface area contributed by atoms with E-state index in [-0.39, 0.29) is 37.7 Å². The summed E-state index contributed by atoms with van der Waals surface area (Å²) >= 11 is 12.3. The number of aromatic nitrogens is 1. The van der Waals surface area contributed by atoms with Crippen LogP contribution in [0.2, 0.25) is 10.0 Å². The van der Waals surface area contributed by atoms with Crippen molar-refractivity contribution in [2.24, 2.45) is 0 Å². The van der Waals surface area contributed by atoms with Crippen molar-refractivity contribution in [2.45, 2.75) is 86.1 Å². The lowest BCUT2D eigenvalue weighted by atomic mass is 9.72. The number of carbonyl (C=O) groups excluding carboxylic acids is 1. The Balaban J connectivity index is 1.28. The molecule has 3 aromatic rings. The van der Waals surface area contributed by atoms with Crippen molar-refractivity contribution in [3.8, 4) is 0 Å². The van der Waals surface area contributed by atoms with E-state index in [9.17, 15) is 13.2 Å². The maximum Gasteiger partial charge on any atom is 0.267 e. The van der Waals surface area contributed by atoms with Gasteiger partial charge in [0.15, 0.2) is 0 Å². The molecule has 6 nitrogen and oxygen atoms in total. The van der Waals surface area contributed by atoms with E-state index in [1.807, 2.05) is 6.07 Å². The van der Waals surface area contributed by atoms with Gasteiger partial charge in [0.05, 0.1) is 14.9 Å². The van der Waals surface area contributed by atoms with Gasteiger partial charge in [-0.3, -0.25) is 4.79 Å². The van der Waals surface area contributed by atoms with Crippen molar-refractivity contribution in [1.29, 1.82) is 0 Å². The lowest BCUT2D eigenvalue weighted by molar-refractivity contribution is 0.0946. The van der Waals surface area contributed by atoms with Gasteiger partial charge in [0.2, 0.25) is 9.84 Å². The summed E-state index contributed by atoms with van der Waals surface area (Å²) in [6, 6.07) is 13.0. The summed E-state index contributed by atoms with van der Waals surface area (Å²) in [7, 11) is -3.88. The molecule has 0 saturated heterocycles. The third-order valence-electron chi connectivity index (χ3n) is 8.14. The molecule has 9 heteroatoms. The van der Waals surface area contributed by atoms with E-state index in [0.29, 0.717) is 5.69 Å². The van der Waals surface area contributed by atoms with Gasteiger partial charge < -0.3 is 15.6 Å². The molecule has 0 bridgehead atoms. The van der Waals surface area contributed by atoms with Crippen LogP contribution < -0.4 is 10.6 Å². The van der Waals surface area contributed by atoms with Crippen molar-refractivity contribution in [2.75, 3.05) is 6.54 Å². The molecule has 1 saturated carbocycles. The van der Waals surface area contributed by atoms with Gasteiger partial charge >= 0.3 is 0 Å². The maximum atomic E-state index is 13.1. The average Bonchev–Trinajstić information content (AvgIpc) is 3.37. The molecule has 5 rings (SSSR count). The van der Waals surface area contributed by atoms with Crippen LogP contribution in [0.5, 0.6) is 0 Å². The van der Waals surface area contributed by atoms with Crippen LogP contribution in [0.4, 0.5) is 0 Å². The number of carbonyl (C=O) groups is 1. The van der Waals surface area contributed by atoms with E-state index in [2.05, 4.69) is 15.6 Å². The Morgan fingerprint density at radius 2 is 1.51 bits per heavy atom. The van der Waals surface area contributed by atoms with Gasteiger partial charge in [-0.1, -0.05) is 86.3 Å². The molecule has 208 valence electrons. The van der Waals surface area contributed by atoms with Crippen LogP contribution in [-0.4, -0.2) is 25.9 Å². The Hall–Kier alpha value is -2.32. The summed E-state index contributed by atoms with van der Waals surface area (Å²) in [5.41, 5.74) is 3.85. The lowest BCUT2D eigenvalue weighted by Gasteiger charge is -2.38. The first-order valence-electron chi connectivity index (χ1n) is 13.8. The average molecular weight is 589 g/mol. The summed E-state index contributed by atoms with van der Waals surface area (Å²) in [6.07, 6.45) is 11.2. The van der Waals surface area contributed by atoms with Crippen LogP contribution in [0.3, 0.4) is 0 Å². The van der Waals surface area contributed by atoms with E-state index in [4.69, 9.17) is 23.2 Å². The Bertz CT molecular complexity index is 1400. The largest absolute Gasteiger partial charge is 0.354 e. The summed E-state index contributed by atoms with van der Waals surface area (Å²) < 4.78 is 26.2. The number of fused-ring (bicyclic) bond motifs is 2. The zero-order chi connectivity index (χ0) is 27.5. The standard InChI is InChI=1S/C30H35Cl2N3O3S/c31-24-9-8-10-25(32)27(24)39(37,38)23-13-11-21(12-14-23)18-34-29(36)26-17-22-19-33-20-30(28(22)35-26)15-6-4-2-1-3-5-7-16-30/h8-14,17,33,35H,1-7,15-16,18-20H2,(H,34,36). The zero-order valence-corrected chi connectivity index (χ0v) is 24.3. The van der Waals surface area contributed by atoms with Crippen LogP contribution in [-0.2, 0) is 28.3 Å². The fourth-order valence-corrected chi connectivity index (χ4v) is 8.43. The SMILES string of the molecule is O=C(NCc1ccc(S(=O)(=O)c2c(Cl)cccc2Cl)cc1)c1cc2c([nH]1)C1(CCCCCCCCC1)CNC2. The molecular formula is C30H35Cl2N3O3S. The minimum atomic E-state index is -3.88. The fourth-order valence-electron chi connectivity index (χ4n) is 6.04. The molecule has 39 heavy (non-hydrogen) atoms. The van der Waals surface area contributed by atoms with Gasteiger partial charge in [-0.25, -0.2) is 8.42 Å². The van der Waals surface area contributed by atoms with E-state index >= 15 is 0 Å². The number of halogens is 2. The van der Waals surface area contributed by atoms with Crippen LogP contribution >= 0.6 is 23.2 Å². The van der Waals surface area contributed by atoms with E-state index in [1.54, 1.807) is 18.2 Å². The molecule has 2 heterocycles.